The number of nitrogens with zero attached hydrogens (tertiary/aromatic N) is 3. The van der Waals surface area contributed by atoms with Gasteiger partial charge >= 0.3 is 0 Å². The zero-order valence-electron chi connectivity index (χ0n) is 10.1. The van der Waals surface area contributed by atoms with Crippen molar-refractivity contribution >= 4 is 23.4 Å². The lowest BCUT2D eigenvalue weighted by Crippen LogP contribution is -2.26. The third-order valence-corrected chi connectivity index (χ3v) is 3.77. The molecule has 0 radical (unpaired) electrons. The summed E-state index contributed by atoms with van der Waals surface area (Å²) < 4.78 is 14.5. The highest BCUT2D eigenvalue weighted by Crippen LogP contribution is 2.21. The minimum atomic E-state index is -0.321. The van der Waals surface area contributed by atoms with Crippen molar-refractivity contribution in [3.8, 4) is 0 Å². The number of aromatic nitrogens is 3. The van der Waals surface area contributed by atoms with E-state index in [9.17, 15) is 4.39 Å². The van der Waals surface area contributed by atoms with Crippen LogP contribution in [0.15, 0.2) is 18.3 Å². The van der Waals surface area contributed by atoms with Gasteiger partial charge in [0, 0.05) is 11.3 Å². The lowest BCUT2D eigenvalue weighted by Gasteiger charge is -2.21. The second-order valence-corrected chi connectivity index (χ2v) is 5.92. The van der Waals surface area contributed by atoms with Gasteiger partial charge in [-0.05, 0) is 32.2 Å². The number of nitrogens with one attached hydrogen (secondary N) is 1. The van der Waals surface area contributed by atoms with E-state index >= 15 is 0 Å². The van der Waals surface area contributed by atoms with Gasteiger partial charge < -0.3 is 5.32 Å². The first-order valence-corrected chi connectivity index (χ1v) is 6.54. The van der Waals surface area contributed by atoms with Crippen LogP contribution < -0.4 is 5.32 Å². The Morgan fingerprint density at radius 3 is 2.94 bits per heavy atom. The number of fused-ring (bicyclic) bond motifs is 1. The molecule has 2 heterocycles. The molecule has 6 heteroatoms. The zero-order valence-corrected chi connectivity index (χ0v) is 10.9. The topological polar surface area (TPSA) is 42.2 Å². The second-order valence-electron chi connectivity index (χ2n) is 4.40. The molecule has 2 aromatic heterocycles. The van der Waals surface area contributed by atoms with Crippen LogP contribution in [0.1, 0.15) is 13.8 Å². The van der Waals surface area contributed by atoms with Gasteiger partial charge in [-0.1, -0.05) is 0 Å². The largest absolute Gasteiger partial charge is 0.352 e. The van der Waals surface area contributed by atoms with Crippen molar-refractivity contribution in [1.29, 1.82) is 0 Å². The monoisotopic (exact) mass is 254 g/mol. The highest BCUT2D eigenvalue weighted by atomic mass is 32.2. The summed E-state index contributed by atoms with van der Waals surface area (Å²) in [6.45, 7) is 5.04. The molecular weight excluding hydrogens is 239 g/mol. The first-order chi connectivity index (χ1) is 8.00. The summed E-state index contributed by atoms with van der Waals surface area (Å²) in [5.74, 6) is 0.205. The molecule has 4 nitrogen and oxygen atoms in total. The van der Waals surface area contributed by atoms with Crippen LogP contribution in [0.2, 0.25) is 0 Å². The van der Waals surface area contributed by atoms with Crippen LogP contribution in [0, 0.1) is 5.82 Å². The molecule has 1 N–H and O–H groups in total. The molecule has 2 aromatic rings. The molecule has 17 heavy (non-hydrogen) atoms. The average Bonchev–Trinajstić information content (AvgIpc) is 2.68. The van der Waals surface area contributed by atoms with E-state index < -0.39 is 0 Å². The maximum atomic E-state index is 13.0. The lowest BCUT2D eigenvalue weighted by atomic mass is 10.2. The van der Waals surface area contributed by atoms with Crippen molar-refractivity contribution in [2.75, 3.05) is 18.1 Å². The van der Waals surface area contributed by atoms with Crippen molar-refractivity contribution in [2.24, 2.45) is 0 Å². The van der Waals surface area contributed by atoms with Gasteiger partial charge in [0.05, 0.1) is 6.20 Å². The smallest absolute Gasteiger partial charge is 0.243 e. The van der Waals surface area contributed by atoms with Gasteiger partial charge in [0.25, 0.3) is 0 Å². The van der Waals surface area contributed by atoms with Gasteiger partial charge in [0.2, 0.25) is 5.95 Å². The first-order valence-electron chi connectivity index (χ1n) is 5.31. The quantitative estimate of drug-likeness (QED) is 0.910. The summed E-state index contributed by atoms with van der Waals surface area (Å²) in [6, 6.07) is 2.98. The van der Waals surface area contributed by atoms with Crippen molar-refractivity contribution < 1.29 is 4.39 Å². The predicted octanol–water partition coefficient (Wildman–Crippen LogP) is 2.42. The Hall–Kier alpha value is -1.30. The van der Waals surface area contributed by atoms with E-state index in [4.69, 9.17) is 0 Å². The van der Waals surface area contributed by atoms with E-state index in [1.807, 2.05) is 0 Å². The molecule has 92 valence electrons. The van der Waals surface area contributed by atoms with Gasteiger partial charge in [0.1, 0.15) is 5.82 Å². The molecular formula is C11H15FN4S. The van der Waals surface area contributed by atoms with Crippen LogP contribution in [0.4, 0.5) is 10.3 Å². The molecule has 0 aliphatic carbocycles. The van der Waals surface area contributed by atoms with E-state index in [0.29, 0.717) is 11.6 Å². The molecule has 0 spiro atoms. The Balaban J connectivity index is 2.15. The van der Waals surface area contributed by atoms with Crippen molar-refractivity contribution in [3.63, 3.8) is 0 Å². The molecule has 0 saturated heterocycles. The summed E-state index contributed by atoms with van der Waals surface area (Å²) in [4.78, 5) is 4.26. The maximum Gasteiger partial charge on any atom is 0.243 e. The van der Waals surface area contributed by atoms with Crippen LogP contribution in [0.5, 0.6) is 0 Å². The summed E-state index contributed by atoms with van der Waals surface area (Å²) in [6.07, 6.45) is 3.38. The molecule has 0 aliphatic heterocycles. The van der Waals surface area contributed by atoms with Gasteiger partial charge in [-0.25, -0.2) is 8.91 Å². The third-order valence-electron chi connectivity index (χ3n) is 2.52. The number of halogens is 1. The van der Waals surface area contributed by atoms with Crippen molar-refractivity contribution in [1.82, 2.24) is 14.6 Å². The van der Waals surface area contributed by atoms with Crippen LogP contribution in [-0.2, 0) is 0 Å². The van der Waals surface area contributed by atoms with E-state index in [1.54, 1.807) is 17.8 Å². The Bertz CT molecular complexity index is 523. The summed E-state index contributed by atoms with van der Waals surface area (Å²) in [5.41, 5.74) is 0.635. The third kappa shape index (κ3) is 2.88. The second kappa shape index (κ2) is 4.52. The van der Waals surface area contributed by atoms with E-state index in [2.05, 4.69) is 35.5 Å². The van der Waals surface area contributed by atoms with Crippen molar-refractivity contribution in [2.45, 2.75) is 18.6 Å². The zero-order chi connectivity index (χ0) is 12.5. The summed E-state index contributed by atoms with van der Waals surface area (Å²) in [7, 11) is 0. The molecule has 0 bridgehead atoms. The van der Waals surface area contributed by atoms with Crippen LogP contribution >= 0.6 is 11.8 Å². The van der Waals surface area contributed by atoms with Gasteiger partial charge in [-0.15, -0.1) is 5.10 Å². The highest BCUT2D eigenvalue weighted by Gasteiger charge is 2.16. The number of thioether (sulfide) groups is 1. The fourth-order valence-electron chi connectivity index (χ4n) is 1.30. The molecule has 0 atom stereocenters. The number of anilines is 1. The van der Waals surface area contributed by atoms with Gasteiger partial charge in [-0.2, -0.15) is 16.7 Å². The Morgan fingerprint density at radius 1 is 1.47 bits per heavy atom. The number of hydrogen-bond acceptors (Lipinski definition) is 4. The minimum Gasteiger partial charge on any atom is -0.352 e. The van der Waals surface area contributed by atoms with Crippen LogP contribution in [-0.4, -0.2) is 32.1 Å². The normalized spacial score (nSPS) is 12.0. The fraction of sp³-hybridized carbons (Fsp3) is 0.455. The fourth-order valence-corrected chi connectivity index (χ4v) is 1.51. The molecule has 0 amide bonds. The molecule has 0 aromatic carbocycles. The standard InChI is InChI=1S/C11H15FN4S/c1-11(2,17-3)7-13-10-14-9-5-4-8(12)6-16(9)15-10/h4-6H,7H2,1-3H3,(H,13,15). The first kappa shape index (κ1) is 12.2. The van der Waals surface area contributed by atoms with Crippen LogP contribution in [0.25, 0.3) is 5.65 Å². The minimum absolute atomic E-state index is 0.114. The summed E-state index contributed by atoms with van der Waals surface area (Å²) in [5, 5.41) is 7.31. The molecule has 0 saturated carbocycles. The van der Waals surface area contributed by atoms with E-state index in [1.165, 1.54) is 16.8 Å². The van der Waals surface area contributed by atoms with E-state index in [0.717, 1.165) is 6.54 Å². The van der Waals surface area contributed by atoms with Gasteiger partial charge in [0.15, 0.2) is 5.65 Å². The number of pyridine rings is 1. The molecule has 0 unspecified atom stereocenters. The van der Waals surface area contributed by atoms with Gasteiger partial charge in [-0.3, -0.25) is 0 Å². The molecule has 2 rings (SSSR count). The Morgan fingerprint density at radius 2 is 2.24 bits per heavy atom. The van der Waals surface area contributed by atoms with Crippen molar-refractivity contribution in [3.05, 3.63) is 24.1 Å². The predicted molar refractivity (Wildman–Crippen MR) is 69.0 cm³/mol. The number of hydrogen-bond donors (Lipinski definition) is 1. The maximum absolute atomic E-state index is 13.0. The van der Waals surface area contributed by atoms with Crippen LogP contribution in [0.3, 0.4) is 0 Å². The number of rotatable bonds is 4. The Kier molecular flexibility index (Phi) is 3.24. The summed E-state index contributed by atoms with van der Waals surface area (Å²) >= 11 is 1.77. The highest BCUT2D eigenvalue weighted by molar-refractivity contribution is 7.99. The molecule has 0 aliphatic rings. The molecule has 0 fully saturated rings. The average molecular weight is 254 g/mol. The SMILES string of the molecule is CSC(C)(C)CNc1nc2ccc(F)cn2n1. The Labute approximate surface area is 104 Å². The van der Waals surface area contributed by atoms with E-state index in [-0.39, 0.29) is 10.6 Å². The lowest BCUT2D eigenvalue weighted by molar-refractivity contribution is 0.614.